The molecule has 0 aromatic carbocycles. The molecule has 14 heavy (non-hydrogen) atoms. The Morgan fingerprint density at radius 3 is 2.36 bits per heavy atom. The molecule has 0 heterocycles. The molecule has 0 spiro atoms. The van der Waals surface area contributed by atoms with Crippen molar-refractivity contribution < 1.29 is 9.59 Å². The highest BCUT2D eigenvalue weighted by Crippen LogP contribution is 2.33. The number of carbonyl (C=O) groups is 2. The SMILES string of the molecule is CC(C)C(=O)N[C@H](CC1CC1)C(N)=O. The molecule has 0 aliphatic heterocycles. The highest BCUT2D eigenvalue weighted by molar-refractivity contribution is 5.87. The van der Waals surface area contributed by atoms with Crippen molar-refractivity contribution in [3.8, 4) is 0 Å². The summed E-state index contributed by atoms with van der Waals surface area (Å²) in [5.74, 6) is -0.0450. The molecule has 1 saturated carbocycles. The van der Waals surface area contributed by atoms with Crippen molar-refractivity contribution in [2.24, 2.45) is 17.6 Å². The molecule has 4 nitrogen and oxygen atoms in total. The van der Waals surface area contributed by atoms with Crippen LogP contribution in [0.1, 0.15) is 33.1 Å². The van der Waals surface area contributed by atoms with Crippen LogP contribution < -0.4 is 11.1 Å². The van der Waals surface area contributed by atoms with Crippen molar-refractivity contribution in [2.75, 3.05) is 0 Å². The highest BCUT2D eigenvalue weighted by Gasteiger charge is 2.29. The number of hydrogen-bond donors (Lipinski definition) is 2. The molecule has 1 aliphatic rings. The molecule has 1 aliphatic carbocycles. The Kier molecular flexibility index (Phi) is 3.49. The zero-order valence-electron chi connectivity index (χ0n) is 8.75. The summed E-state index contributed by atoms with van der Waals surface area (Å²) in [6, 6.07) is -0.475. The third-order valence-corrected chi connectivity index (χ3v) is 2.45. The van der Waals surface area contributed by atoms with Crippen LogP contribution in [0.2, 0.25) is 0 Å². The third kappa shape index (κ3) is 3.36. The Morgan fingerprint density at radius 2 is 2.00 bits per heavy atom. The molecule has 0 bridgehead atoms. The molecule has 0 aromatic rings. The average molecular weight is 198 g/mol. The topological polar surface area (TPSA) is 72.2 Å². The molecule has 4 heteroatoms. The van der Waals surface area contributed by atoms with E-state index in [0.717, 1.165) is 12.8 Å². The summed E-state index contributed by atoms with van der Waals surface area (Å²) >= 11 is 0. The van der Waals surface area contributed by atoms with E-state index in [1.54, 1.807) is 13.8 Å². The van der Waals surface area contributed by atoms with Gasteiger partial charge in [0, 0.05) is 5.92 Å². The number of rotatable bonds is 5. The maximum atomic E-state index is 11.3. The zero-order chi connectivity index (χ0) is 10.7. The van der Waals surface area contributed by atoms with E-state index in [2.05, 4.69) is 5.32 Å². The number of amides is 2. The lowest BCUT2D eigenvalue weighted by atomic mass is 10.1. The second kappa shape index (κ2) is 4.44. The van der Waals surface area contributed by atoms with Crippen molar-refractivity contribution in [1.82, 2.24) is 5.32 Å². The minimum Gasteiger partial charge on any atom is -0.368 e. The Balaban J connectivity index is 2.41. The predicted molar refractivity (Wildman–Crippen MR) is 53.3 cm³/mol. The van der Waals surface area contributed by atoms with Gasteiger partial charge in [0.1, 0.15) is 6.04 Å². The summed E-state index contributed by atoms with van der Waals surface area (Å²) in [5, 5.41) is 2.67. The molecule has 3 N–H and O–H groups in total. The molecule has 0 saturated heterocycles. The molecule has 0 aromatic heterocycles. The molecule has 2 amide bonds. The van der Waals surface area contributed by atoms with E-state index in [1.165, 1.54) is 0 Å². The van der Waals surface area contributed by atoms with Crippen molar-refractivity contribution in [1.29, 1.82) is 0 Å². The van der Waals surface area contributed by atoms with Crippen LogP contribution in [0.5, 0.6) is 0 Å². The molecule has 0 radical (unpaired) electrons. The molecule has 1 fully saturated rings. The van der Waals surface area contributed by atoms with Gasteiger partial charge in [-0.1, -0.05) is 26.7 Å². The van der Waals surface area contributed by atoms with Crippen LogP contribution in [0.4, 0.5) is 0 Å². The number of nitrogens with two attached hydrogens (primary N) is 1. The van der Waals surface area contributed by atoms with Crippen LogP contribution in [0.15, 0.2) is 0 Å². The zero-order valence-corrected chi connectivity index (χ0v) is 8.75. The van der Waals surface area contributed by atoms with Gasteiger partial charge in [-0.2, -0.15) is 0 Å². The summed E-state index contributed by atoms with van der Waals surface area (Å²) in [7, 11) is 0. The third-order valence-electron chi connectivity index (χ3n) is 2.45. The monoisotopic (exact) mass is 198 g/mol. The number of primary amides is 1. The summed E-state index contributed by atoms with van der Waals surface area (Å²) in [5.41, 5.74) is 5.21. The Labute approximate surface area is 84.2 Å². The van der Waals surface area contributed by atoms with Gasteiger partial charge in [0.15, 0.2) is 0 Å². The van der Waals surface area contributed by atoms with Crippen molar-refractivity contribution in [3.05, 3.63) is 0 Å². The molecule has 80 valence electrons. The average Bonchev–Trinajstić information content (AvgIpc) is 2.86. The van der Waals surface area contributed by atoms with Gasteiger partial charge < -0.3 is 11.1 Å². The van der Waals surface area contributed by atoms with Crippen LogP contribution in [-0.4, -0.2) is 17.9 Å². The second-order valence-corrected chi connectivity index (χ2v) is 4.30. The summed E-state index contributed by atoms with van der Waals surface area (Å²) in [4.78, 5) is 22.4. The minimum absolute atomic E-state index is 0.101. The van der Waals surface area contributed by atoms with Crippen LogP contribution in [0.25, 0.3) is 0 Å². The lowest BCUT2D eigenvalue weighted by Crippen LogP contribution is -2.46. The van der Waals surface area contributed by atoms with Crippen molar-refractivity contribution in [2.45, 2.75) is 39.2 Å². The maximum Gasteiger partial charge on any atom is 0.240 e. The second-order valence-electron chi connectivity index (χ2n) is 4.30. The first-order valence-corrected chi connectivity index (χ1v) is 5.10. The standard InChI is InChI=1S/C10H18N2O2/c1-6(2)10(14)12-8(9(11)13)5-7-3-4-7/h6-8H,3-5H2,1-2H3,(H2,11,13)(H,12,14)/t8-/m1/s1. The van der Waals surface area contributed by atoms with Gasteiger partial charge in [0.05, 0.1) is 0 Å². The minimum atomic E-state index is -0.475. The quantitative estimate of drug-likeness (QED) is 0.671. The molecule has 1 rings (SSSR count). The van der Waals surface area contributed by atoms with E-state index in [9.17, 15) is 9.59 Å². The smallest absolute Gasteiger partial charge is 0.240 e. The van der Waals surface area contributed by atoms with Gasteiger partial charge in [0.25, 0.3) is 0 Å². The number of nitrogens with one attached hydrogen (secondary N) is 1. The summed E-state index contributed by atoms with van der Waals surface area (Å²) in [6.45, 7) is 3.59. The fraction of sp³-hybridized carbons (Fsp3) is 0.800. The fourth-order valence-corrected chi connectivity index (χ4v) is 1.27. The van der Waals surface area contributed by atoms with E-state index in [0.29, 0.717) is 12.3 Å². The Morgan fingerprint density at radius 1 is 1.43 bits per heavy atom. The van der Waals surface area contributed by atoms with Gasteiger partial charge in [0.2, 0.25) is 11.8 Å². The first kappa shape index (κ1) is 11.0. The number of carbonyl (C=O) groups excluding carboxylic acids is 2. The van der Waals surface area contributed by atoms with Crippen molar-refractivity contribution >= 4 is 11.8 Å². The summed E-state index contributed by atoms with van der Waals surface area (Å²) in [6.07, 6.45) is 3.01. The first-order chi connectivity index (χ1) is 6.50. The molecular weight excluding hydrogens is 180 g/mol. The van der Waals surface area contributed by atoms with Crippen molar-refractivity contribution in [3.63, 3.8) is 0 Å². The number of hydrogen-bond acceptors (Lipinski definition) is 2. The molecule has 1 atom stereocenters. The van der Waals surface area contributed by atoms with E-state index < -0.39 is 11.9 Å². The molecule has 0 unspecified atom stereocenters. The van der Waals surface area contributed by atoms with Gasteiger partial charge in [-0.25, -0.2) is 0 Å². The maximum absolute atomic E-state index is 11.3. The molecular formula is C10H18N2O2. The highest BCUT2D eigenvalue weighted by atomic mass is 16.2. The van der Waals surface area contributed by atoms with Crippen LogP contribution in [0, 0.1) is 11.8 Å². The Hall–Kier alpha value is -1.06. The van der Waals surface area contributed by atoms with Crippen LogP contribution in [0.3, 0.4) is 0 Å². The largest absolute Gasteiger partial charge is 0.368 e. The van der Waals surface area contributed by atoms with E-state index in [-0.39, 0.29) is 11.8 Å². The summed E-state index contributed by atoms with van der Waals surface area (Å²) < 4.78 is 0. The van der Waals surface area contributed by atoms with E-state index in [1.807, 2.05) is 0 Å². The lowest BCUT2D eigenvalue weighted by Gasteiger charge is -2.16. The van der Waals surface area contributed by atoms with Gasteiger partial charge >= 0.3 is 0 Å². The first-order valence-electron chi connectivity index (χ1n) is 5.10. The fourth-order valence-electron chi connectivity index (χ4n) is 1.27. The van der Waals surface area contributed by atoms with E-state index in [4.69, 9.17) is 5.73 Å². The van der Waals surface area contributed by atoms with E-state index >= 15 is 0 Å². The predicted octanol–water partition coefficient (Wildman–Crippen LogP) is 0.413. The Bertz CT molecular complexity index is 234. The lowest BCUT2D eigenvalue weighted by molar-refractivity contribution is -0.129. The van der Waals surface area contributed by atoms with Crippen LogP contribution in [-0.2, 0) is 9.59 Å². The normalized spacial score (nSPS) is 17.9. The van der Waals surface area contributed by atoms with Gasteiger partial charge in [-0.3, -0.25) is 9.59 Å². The van der Waals surface area contributed by atoms with Crippen LogP contribution >= 0.6 is 0 Å². The van der Waals surface area contributed by atoms with Gasteiger partial charge in [-0.15, -0.1) is 0 Å². The van der Waals surface area contributed by atoms with Gasteiger partial charge in [-0.05, 0) is 12.3 Å².